The van der Waals surface area contributed by atoms with Crippen molar-refractivity contribution in [3.8, 4) is 5.69 Å². The molecule has 3 heteroatoms. The average Bonchev–Trinajstić information content (AvgIpc) is 2.93. The van der Waals surface area contributed by atoms with Crippen molar-refractivity contribution >= 4 is 5.78 Å². The predicted molar refractivity (Wildman–Crippen MR) is 72.0 cm³/mol. The van der Waals surface area contributed by atoms with Crippen molar-refractivity contribution in [1.82, 2.24) is 9.78 Å². The van der Waals surface area contributed by atoms with E-state index in [1.165, 1.54) is 0 Å². The molecule has 0 aliphatic rings. The van der Waals surface area contributed by atoms with Crippen LogP contribution in [0.3, 0.4) is 0 Å². The largest absolute Gasteiger partial charge is 0.294 e. The lowest BCUT2D eigenvalue weighted by Crippen LogP contribution is -2.06. The maximum Gasteiger partial charge on any atom is 0.165 e. The molecule has 0 unspecified atom stereocenters. The molecule has 3 nitrogen and oxygen atoms in total. The molecule has 2 rings (SSSR count). The summed E-state index contributed by atoms with van der Waals surface area (Å²) in [6, 6.07) is 9.50. The quantitative estimate of drug-likeness (QED) is 0.572. The van der Waals surface area contributed by atoms with Crippen molar-refractivity contribution in [3.63, 3.8) is 0 Å². The second-order valence-electron chi connectivity index (χ2n) is 4.35. The van der Waals surface area contributed by atoms with E-state index >= 15 is 0 Å². The van der Waals surface area contributed by atoms with Crippen molar-refractivity contribution in [2.24, 2.45) is 0 Å². The van der Waals surface area contributed by atoms with Gasteiger partial charge >= 0.3 is 0 Å². The lowest BCUT2D eigenvalue weighted by molar-refractivity contribution is 0.0979. The number of aromatic nitrogens is 2. The van der Waals surface area contributed by atoms with Crippen LogP contribution < -0.4 is 0 Å². The van der Waals surface area contributed by atoms with Crippen LogP contribution in [0.1, 0.15) is 43.0 Å². The van der Waals surface area contributed by atoms with Crippen LogP contribution in [-0.4, -0.2) is 15.6 Å². The third kappa shape index (κ3) is 2.86. The Balaban J connectivity index is 2.20. The fourth-order valence-corrected chi connectivity index (χ4v) is 1.99. The molecule has 1 heterocycles. The van der Waals surface area contributed by atoms with Gasteiger partial charge in [-0.25, -0.2) is 4.68 Å². The number of ketones is 1. The van der Waals surface area contributed by atoms with Crippen LogP contribution in [0.4, 0.5) is 0 Å². The van der Waals surface area contributed by atoms with E-state index in [-0.39, 0.29) is 5.78 Å². The molecular weight excluding hydrogens is 224 g/mol. The van der Waals surface area contributed by atoms with E-state index in [1.807, 2.05) is 36.5 Å². The minimum absolute atomic E-state index is 0.203. The van der Waals surface area contributed by atoms with E-state index in [2.05, 4.69) is 12.0 Å². The molecule has 0 aliphatic heterocycles. The highest BCUT2D eigenvalue weighted by molar-refractivity contribution is 5.99. The number of para-hydroxylation sites is 1. The Hall–Kier alpha value is -1.90. The lowest BCUT2D eigenvalue weighted by atomic mass is 10.0. The fourth-order valence-electron chi connectivity index (χ4n) is 1.99. The van der Waals surface area contributed by atoms with Crippen LogP contribution in [0, 0.1) is 0 Å². The van der Waals surface area contributed by atoms with Crippen LogP contribution in [0.15, 0.2) is 42.7 Å². The van der Waals surface area contributed by atoms with Crippen LogP contribution >= 0.6 is 0 Å². The molecule has 0 bridgehead atoms. The van der Waals surface area contributed by atoms with Gasteiger partial charge in [-0.1, -0.05) is 31.9 Å². The maximum absolute atomic E-state index is 12.2. The topological polar surface area (TPSA) is 34.9 Å². The second-order valence-corrected chi connectivity index (χ2v) is 4.35. The Morgan fingerprint density at radius 1 is 1.22 bits per heavy atom. The molecule has 0 saturated carbocycles. The lowest BCUT2D eigenvalue weighted by Gasteiger charge is -2.08. The number of hydrogen-bond donors (Lipinski definition) is 0. The van der Waals surface area contributed by atoms with Gasteiger partial charge in [-0.3, -0.25) is 4.79 Å². The number of unbranched alkanes of at least 4 members (excludes halogenated alkanes) is 2. The highest BCUT2D eigenvalue weighted by atomic mass is 16.1. The number of carbonyl (C=O) groups excluding carboxylic acids is 1. The van der Waals surface area contributed by atoms with Crippen LogP contribution in [0.25, 0.3) is 5.69 Å². The third-order valence-electron chi connectivity index (χ3n) is 2.96. The molecule has 0 amide bonds. The van der Waals surface area contributed by atoms with Gasteiger partial charge in [0.15, 0.2) is 5.78 Å². The van der Waals surface area contributed by atoms with Gasteiger partial charge in [-0.15, -0.1) is 0 Å². The minimum Gasteiger partial charge on any atom is -0.294 e. The number of rotatable bonds is 6. The van der Waals surface area contributed by atoms with E-state index in [4.69, 9.17) is 0 Å². The van der Waals surface area contributed by atoms with Gasteiger partial charge < -0.3 is 0 Å². The van der Waals surface area contributed by atoms with E-state index in [0.29, 0.717) is 6.42 Å². The molecule has 0 aliphatic carbocycles. The first-order valence-electron chi connectivity index (χ1n) is 6.45. The molecule has 1 aromatic heterocycles. The molecule has 0 N–H and O–H groups in total. The summed E-state index contributed by atoms with van der Waals surface area (Å²) in [5.74, 6) is 0.203. The Morgan fingerprint density at radius 2 is 2.06 bits per heavy atom. The Labute approximate surface area is 107 Å². The van der Waals surface area contributed by atoms with E-state index in [9.17, 15) is 4.79 Å². The number of hydrogen-bond acceptors (Lipinski definition) is 2. The summed E-state index contributed by atoms with van der Waals surface area (Å²) in [6.07, 6.45) is 7.40. The van der Waals surface area contributed by atoms with Crippen LogP contribution in [0.2, 0.25) is 0 Å². The summed E-state index contributed by atoms with van der Waals surface area (Å²) in [5, 5.41) is 4.19. The van der Waals surface area contributed by atoms with Crippen molar-refractivity contribution in [2.75, 3.05) is 0 Å². The molecule has 0 atom stereocenters. The summed E-state index contributed by atoms with van der Waals surface area (Å²) in [4.78, 5) is 12.2. The highest BCUT2D eigenvalue weighted by Crippen LogP contribution is 2.16. The fraction of sp³-hybridized carbons (Fsp3) is 0.333. The van der Waals surface area contributed by atoms with Crippen molar-refractivity contribution in [1.29, 1.82) is 0 Å². The van der Waals surface area contributed by atoms with Gasteiger partial charge in [0.05, 0.1) is 5.69 Å². The van der Waals surface area contributed by atoms with Gasteiger partial charge in [0.25, 0.3) is 0 Å². The summed E-state index contributed by atoms with van der Waals surface area (Å²) in [6.45, 7) is 2.14. The second kappa shape index (κ2) is 6.15. The first-order valence-corrected chi connectivity index (χ1v) is 6.45. The molecule has 94 valence electrons. The van der Waals surface area contributed by atoms with Gasteiger partial charge in [0.2, 0.25) is 0 Å². The first-order chi connectivity index (χ1) is 8.83. The Bertz CT molecular complexity index is 503. The van der Waals surface area contributed by atoms with Crippen molar-refractivity contribution < 1.29 is 4.79 Å². The zero-order valence-corrected chi connectivity index (χ0v) is 10.7. The zero-order chi connectivity index (χ0) is 12.8. The smallest absolute Gasteiger partial charge is 0.165 e. The summed E-state index contributed by atoms with van der Waals surface area (Å²) < 4.78 is 1.74. The molecule has 0 saturated heterocycles. The molecule has 2 aromatic rings. The van der Waals surface area contributed by atoms with Crippen molar-refractivity contribution in [2.45, 2.75) is 32.6 Å². The highest BCUT2D eigenvalue weighted by Gasteiger charge is 2.11. The molecule has 18 heavy (non-hydrogen) atoms. The van der Waals surface area contributed by atoms with E-state index in [1.54, 1.807) is 10.9 Å². The van der Waals surface area contributed by atoms with Crippen molar-refractivity contribution in [3.05, 3.63) is 48.3 Å². The summed E-state index contributed by atoms with van der Waals surface area (Å²) in [5.41, 5.74) is 1.63. The molecule has 0 spiro atoms. The Kier molecular flexibility index (Phi) is 4.29. The van der Waals surface area contributed by atoms with Gasteiger partial charge in [0, 0.05) is 24.4 Å². The number of Topliss-reactive ketones (excluding diaryl/α,β-unsaturated/α-hetero) is 1. The van der Waals surface area contributed by atoms with E-state index < -0.39 is 0 Å². The molecule has 1 aromatic carbocycles. The van der Waals surface area contributed by atoms with E-state index in [0.717, 1.165) is 30.5 Å². The number of nitrogens with zero attached hydrogens (tertiary/aromatic N) is 2. The maximum atomic E-state index is 12.2. The Morgan fingerprint density at radius 3 is 2.78 bits per heavy atom. The average molecular weight is 242 g/mol. The third-order valence-corrected chi connectivity index (χ3v) is 2.96. The molecule has 0 radical (unpaired) electrons. The SMILES string of the molecule is CCCCCC(=O)c1ccccc1-n1cccn1. The first kappa shape index (κ1) is 12.6. The zero-order valence-electron chi connectivity index (χ0n) is 10.7. The minimum atomic E-state index is 0.203. The van der Waals surface area contributed by atoms with Gasteiger partial charge in [-0.05, 0) is 24.6 Å². The standard InChI is InChI=1S/C15H18N2O/c1-2-3-4-10-15(18)13-8-5-6-9-14(13)17-12-7-11-16-17/h5-9,11-12H,2-4,10H2,1H3. The predicted octanol–water partition coefficient (Wildman–Crippen LogP) is 3.64. The van der Waals surface area contributed by atoms with Gasteiger partial charge in [-0.2, -0.15) is 5.10 Å². The molecule has 0 fully saturated rings. The van der Waals surface area contributed by atoms with Gasteiger partial charge in [0.1, 0.15) is 0 Å². The number of benzene rings is 1. The van der Waals surface area contributed by atoms with Crippen LogP contribution in [-0.2, 0) is 0 Å². The summed E-state index contributed by atoms with van der Waals surface area (Å²) >= 11 is 0. The number of carbonyl (C=O) groups is 1. The normalized spacial score (nSPS) is 10.5. The molecular formula is C15H18N2O. The summed E-state index contributed by atoms with van der Waals surface area (Å²) in [7, 11) is 0. The van der Waals surface area contributed by atoms with Crippen LogP contribution in [0.5, 0.6) is 0 Å². The monoisotopic (exact) mass is 242 g/mol.